The zero-order valence-electron chi connectivity index (χ0n) is 9.84. The van der Waals surface area contributed by atoms with E-state index in [0.717, 1.165) is 28.1 Å². The van der Waals surface area contributed by atoms with Gasteiger partial charge in [-0.2, -0.15) is 0 Å². The molecule has 0 amide bonds. The van der Waals surface area contributed by atoms with Crippen molar-refractivity contribution >= 4 is 34.6 Å². The maximum atomic E-state index is 5.39. The first kappa shape index (κ1) is 11.5. The number of rotatable bonds is 3. The number of thiophene rings is 1. The van der Waals surface area contributed by atoms with Gasteiger partial charge in [-0.1, -0.05) is 12.1 Å². The Hall–Kier alpha value is -1.59. The maximum absolute atomic E-state index is 5.39. The Morgan fingerprint density at radius 2 is 2.22 bits per heavy atom. The number of nitrogens with one attached hydrogen (secondary N) is 1. The highest BCUT2D eigenvalue weighted by molar-refractivity contribution is 7.71. The van der Waals surface area contributed by atoms with E-state index in [1.54, 1.807) is 18.4 Å². The number of aromatic amines is 1. The van der Waals surface area contributed by atoms with Crippen LogP contribution in [0.2, 0.25) is 0 Å². The Kier molecular flexibility index (Phi) is 2.93. The second kappa shape index (κ2) is 4.59. The molecule has 0 saturated carbocycles. The average Bonchev–Trinajstić information content (AvgIpc) is 2.99. The van der Waals surface area contributed by atoms with Gasteiger partial charge in [-0.25, -0.2) is 0 Å². The van der Waals surface area contributed by atoms with Crippen LogP contribution in [0.25, 0.3) is 11.0 Å². The Morgan fingerprint density at radius 3 is 2.94 bits per heavy atom. The smallest absolute Gasteiger partial charge is 0.178 e. The van der Waals surface area contributed by atoms with Gasteiger partial charge in [0.2, 0.25) is 0 Å². The molecule has 3 nitrogen and oxygen atoms in total. The van der Waals surface area contributed by atoms with Crippen LogP contribution >= 0.6 is 23.6 Å². The molecule has 0 unspecified atom stereocenters. The van der Waals surface area contributed by atoms with Gasteiger partial charge in [-0.15, -0.1) is 11.3 Å². The topological polar surface area (TPSA) is 29.9 Å². The van der Waals surface area contributed by atoms with E-state index in [-0.39, 0.29) is 0 Å². The van der Waals surface area contributed by atoms with Gasteiger partial charge in [0.1, 0.15) is 11.3 Å². The standard InChI is InChI=1S/C13H12N2OS2/c1-16-11-6-2-5-10-12(11)14-13(17)15(10)8-9-4-3-7-18-9/h2-7H,8H2,1H3,(H,14,17). The number of benzene rings is 1. The highest BCUT2D eigenvalue weighted by atomic mass is 32.1. The largest absolute Gasteiger partial charge is 0.494 e. The Bertz CT molecular complexity index is 725. The first-order chi connectivity index (χ1) is 8.79. The van der Waals surface area contributed by atoms with Crippen LogP contribution in [-0.4, -0.2) is 16.7 Å². The number of hydrogen-bond acceptors (Lipinski definition) is 3. The van der Waals surface area contributed by atoms with E-state index in [9.17, 15) is 0 Å². The molecule has 0 radical (unpaired) electrons. The summed E-state index contributed by atoms with van der Waals surface area (Å²) in [6, 6.07) is 10.1. The van der Waals surface area contributed by atoms with Crippen molar-refractivity contribution in [3.8, 4) is 5.75 Å². The molecule has 0 aliphatic carbocycles. The number of fused-ring (bicyclic) bond motifs is 1. The summed E-state index contributed by atoms with van der Waals surface area (Å²) in [4.78, 5) is 4.50. The van der Waals surface area contributed by atoms with Gasteiger partial charge in [0.25, 0.3) is 0 Å². The monoisotopic (exact) mass is 276 g/mol. The third-order valence-electron chi connectivity index (χ3n) is 2.89. The molecule has 0 aliphatic rings. The van der Waals surface area contributed by atoms with Crippen molar-refractivity contribution in [1.29, 1.82) is 0 Å². The first-order valence-corrected chi connectivity index (χ1v) is 6.86. The first-order valence-electron chi connectivity index (χ1n) is 5.57. The van der Waals surface area contributed by atoms with E-state index in [0.29, 0.717) is 0 Å². The SMILES string of the molecule is COc1cccc2c1[nH]c(=S)n2Cc1cccs1. The zero-order chi connectivity index (χ0) is 12.5. The van der Waals surface area contributed by atoms with Crippen molar-refractivity contribution in [2.24, 2.45) is 0 Å². The lowest BCUT2D eigenvalue weighted by molar-refractivity contribution is 0.419. The molecule has 0 aliphatic heterocycles. The van der Waals surface area contributed by atoms with E-state index in [1.165, 1.54) is 4.88 Å². The molecule has 92 valence electrons. The molecule has 0 saturated heterocycles. The second-order valence-electron chi connectivity index (χ2n) is 3.95. The van der Waals surface area contributed by atoms with Crippen LogP contribution in [-0.2, 0) is 6.54 Å². The average molecular weight is 276 g/mol. The predicted octanol–water partition coefficient (Wildman–Crippen LogP) is 3.82. The summed E-state index contributed by atoms with van der Waals surface area (Å²) in [6.45, 7) is 0.795. The van der Waals surface area contributed by atoms with Gasteiger partial charge in [0.05, 0.1) is 19.2 Å². The van der Waals surface area contributed by atoms with Gasteiger partial charge >= 0.3 is 0 Å². The normalized spacial score (nSPS) is 10.9. The molecule has 2 aromatic heterocycles. The van der Waals surface area contributed by atoms with Gasteiger partial charge in [0, 0.05) is 4.88 Å². The number of para-hydroxylation sites is 1. The predicted molar refractivity (Wildman–Crippen MR) is 77.1 cm³/mol. The van der Waals surface area contributed by atoms with Crippen LogP contribution in [0, 0.1) is 4.77 Å². The molecule has 3 rings (SSSR count). The fraction of sp³-hybridized carbons (Fsp3) is 0.154. The molecule has 0 fully saturated rings. The Balaban J connectivity index is 2.17. The van der Waals surface area contributed by atoms with Crippen molar-refractivity contribution < 1.29 is 4.74 Å². The highest BCUT2D eigenvalue weighted by Crippen LogP contribution is 2.25. The number of methoxy groups -OCH3 is 1. The maximum Gasteiger partial charge on any atom is 0.178 e. The summed E-state index contributed by atoms with van der Waals surface area (Å²) in [7, 11) is 1.67. The van der Waals surface area contributed by atoms with E-state index in [1.807, 2.05) is 12.1 Å². The number of ether oxygens (including phenoxy) is 1. The van der Waals surface area contributed by atoms with E-state index < -0.39 is 0 Å². The third kappa shape index (κ3) is 1.85. The van der Waals surface area contributed by atoms with E-state index >= 15 is 0 Å². The number of nitrogens with zero attached hydrogens (tertiary/aromatic N) is 1. The number of hydrogen-bond donors (Lipinski definition) is 1. The molecular formula is C13H12N2OS2. The zero-order valence-corrected chi connectivity index (χ0v) is 11.5. The van der Waals surface area contributed by atoms with E-state index in [4.69, 9.17) is 17.0 Å². The minimum atomic E-state index is 0.725. The summed E-state index contributed by atoms with van der Waals surface area (Å²) >= 11 is 7.13. The molecule has 0 bridgehead atoms. The van der Waals surface area contributed by atoms with Gasteiger partial charge in [-0.05, 0) is 35.8 Å². The fourth-order valence-electron chi connectivity index (χ4n) is 2.04. The summed E-state index contributed by atoms with van der Waals surface area (Å²) in [5, 5.41) is 2.08. The Morgan fingerprint density at radius 1 is 1.33 bits per heavy atom. The molecule has 1 aromatic carbocycles. The number of H-pyrrole nitrogens is 1. The van der Waals surface area contributed by atoms with Crippen molar-refractivity contribution in [2.45, 2.75) is 6.54 Å². The summed E-state index contributed by atoms with van der Waals surface area (Å²) < 4.78 is 8.16. The summed E-state index contributed by atoms with van der Waals surface area (Å²) in [5.41, 5.74) is 2.04. The van der Waals surface area contributed by atoms with Crippen LogP contribution in [0.3, 0.4) is 0 Å². The van der Waals surface area contributed by atoms with Crippen LogP contribution < -0.4 is 4.74 Å². The second-order valence-corrected chi connectivity index (χ2v) is 5.37. The Labute approximate surface area is 114 Å². The molecule has 1 N–H and O–H groups in total. The highest BCUT2D eigenvalue weighted by Gasteiger charge is 2.09. The van der Waals surface area contributed by atoms with E-state index in [2.05, 4.69) is 33.1 Å². The van der Waals surface area contributed by atoms with Crippen LogP contribution in [0.15, 0.2) is 35.7 Å². The lowest BCUT2D eigenvalue weighted by atomic mass is 10.3. The van der Waals surface area contributed by atoms with Crippen molar-refractivity contribution in [2.75, 3.05) is 7.11 Å². The third-order valence-corrected chi connectivity index (χ3v) is 4.07. The molecular weight excluding hydrogens is 264 g/mol. The molecule has 18 heavy (non-hydrogen) atoms. The number of imidazole rings is 1. The van der Waals surface area contributed by atoms with Crippen molar-refractivity contribution in [3.05, 3.63) is 45.4 Å². The lowest BCUT2D eigenvalue weighted by Crippen LogP contribution is -1.97. The molecule has 2 heterocycles. The van der Waals surface area contributed by atoms with Crippen molar-refractivity contribution in [1.82, 2.24) is 9.55 Å². The lowest BCUT2D eigenvalue weighted by Gasteiger charge is -2.04. The molecule has 5 heteroatoms. The van der Waals surface area contributed by atoms with Crippen LogP contribution in [0.4, 0.5) is 0 Å². The fourth-order valence-corrected chi connectivity index (χ4v) is 3.00. The van der Waals surface area contributed by atoms with Gasteiger partial charge in [-0.3, -0.25) is 0 Å². The molecule has 0 spiro atoms. The minimum Gasteiger partial charge on any atom is -0.494 e. The van der Waals surface area contributed by atoms with Crippen LogP contribution in [0.5, 0.6) is 5.75 Å². The number of aromatic nitrogens is 2. The molecule has 3 aromatic rings. The van der Waals surface area contributed by atoms with Crippen molar-refractivity contribution in [3.63, 3.8) is 0 Å². The van der Waals surface area contributed by atoms with Gasteiger partial charge in [0.15, 0.2) is 4.77 Å². The summed E-state index contributed by atoms with van der Waals surface area (Å²) in [5.74, 6) is 0.823. The molecule has 0 atom stereocenters. The minimum absolute atomic E-state index is 0.725. The van der Waals surface area contributed by atoms with Gasteiger partial charge < -0.3 is 14.3 Å². The quantitative estimate of drug-likeness (QED) is 0.737. The summed E-state index contributed by atoms with van der Waals surface area (Å²) in [6.07, 6.45) is 0. The van der Waals surface area contributed by atoms with Crippen LogP contribution in [0.1, 0.15) is 4.88 Å².